The van der Waals surface area contributed by atoms with Crippen LogP contribution in [0.25, 0.3) is 0 Å². The number of carbonyl (C=O) groups is 1. The molecule has 1 unspecified atom stereocenters. The van der Waals surface area contributed by atoms with E-state index in [0.717, 1.165) is 0 Å². The van der Waals surface area contributed by atoms with Crippen molar-refractivity contribution in [2.75, 3.05) is 0 Å². The number of hydrogen-bond acceptors (Lipinski definition) is 3. The van der Waals surface area contributed by atoms with Gasteiger partial charge in [-0.1, -0.05) is 29.8 Å². The van der Waals surface area contributed by atoms with E-state index in [2.05, 4.69) is 0 Å². The number of Topliss-reactive ketones (excluding diaryl/α,β-unsaturated/α-hetero) is 1. The largest absolute Gasteiger partial charge is 0.482 e. The van der Waals surface area contributed by atoms with Gasteiger partial charge in [0.25, 0.3) is 0 Å². The second-order valence-electron chi connectivity index (χ2n) is 4.82. The number of carbonyl (C=O) groups excluding carboxylic acids is 1. The van der Waals surface area contributed by atoms with Crippen molar-refractivity contribution in [3.8, 4) is 11.5 Å². The maximum atomic E-state index is 12.7. The van der Waals surface area contributed by atoms with Crippen molar-refractivity contribution in [1.82, 2.24) is 0 Å². The van der Waals surface area contributed by atoms with E-state index in [1.54, 1.807) is 18.2 Å². The Morgan fingerprint density at radius 3 is 2.64 bits per heavy atom. The topological polar surface area (TPSA) is 35.5 Å². The lowest BCUT2D eigenvalue weighted by atomic mass is 10.1. The highest BCUT2D eigenvalue weighted by atomic mass is 127. The van der Waals surface area contributed by atoms with Gasteiger partial charge in [-0.15, -0.1) is 0 Å². The molecule has 0 N–H and O–H groups in total. The van der Waals surface area contributed by atoms with Gasteiger partial charge in [0.05, 0.1) is 5.56 Å². The Morgan fingerprint density at radius 1 is 1.18 bits per heavy atom. The minimum absolute atomic E-state index is 0.145. The van der Waals surface area contributed by atoms with Crippen LogP contribution >= 0.6 is 34.2 Å². The van der Waals surface area contributed by atoms with Crippen LogP contribution in [0.3, 0.4) is 0 Å². The lowest BCUT2D eigenvalue weighted by Crippen LogP contribution is -2.19. The fourth-order valence-corrected chi connectivity index (χ4v) is 3.19. The Morgan fingerprint density at radius 2 is 1.91 bits per heavy atom. The third-order valence-corrected chi connectivity index (χ3v) is 4.50. The van der Waals surface area contributed by atoms with Crippen molar-refractivity contribution in [2.24, 2.45) is 0 Å². The van der Waals surface area contributed by atoms with Gasteiger partial charge in [-0.3, -0.25) is 4.79 Å². The molecule has 2 aromatic rings. The highest BCUT2D eigenvalue weighted by Crippen LogP contribution is 2.35. The molecule has 1 aliphatic heterocycles. The second kappa shape index (κ2) is 6.30. The molecule has 0 aliphatic carbocycles. The summed E-state index contributed by atoms with van der Waals surface area (Å²) in [5.41, 5.74) is 0.454. The van der Waals surface area contributed by atoms with E-state index in [1.165, 1.54) is 0 Å². The van der Waals surface area contributed by atoms with Crippen LogP contribution in [0, 0.1) is 0 Å². The number of fused-ring (bicyclic) bond motifs is 1. The molecule has 1 atom stereocenters. The van der Waals surface area contributed by atoms with Gasteiger partial charge in [0, 0.05) is 5.02 Å². The molecule has 112 valence electrons. The summed E-state index contributed by atoms with van der Waals surface area (Å²) in [6.45, 7) is 1.86. The minimum atomic E-state index is -0.376. The third-order valence-electron chi connectivity index (χ3n) is 3.25. The lowest BCUT2D eigenvalue weighted by molar-refractivity contribution is 0.104. The molecular weight excluding hydrogens is 415 g/mol. The SMILES string of the molecule is CC1Oc2ccc(Cl)cc2C(=O)C(I)=C1Oc1ccccc1. The fourth-order valence-electron chi connectivity index (χ4n) is 2.18. The number of ketones is 1. The lowest BCUT2D eigenvalue weighted by Gasteiger charge is -2.17. The van der Waals surface area contributed by atoms with E-state index in [-0.39, 0.29) is 11.9 Å². The molecule has 3 nitrogen and oxygen atoms in total. The van der Waals surface area contributed by atoms with Gasteiger partial charge in [0.1, 0.15) is 15.1 Å². The average Bonchev–Trinajstić information content (AvgIpc) is 2.60. The average molecular weight is 427 g/mol. The molecule has 5 heteroatoms. The molecule has 0 spiro atoms. The maximum absolute atomic E-state index is 12.7. The van der Waals surface area contributed by atoms with Gasteiger partial charge in [-0.2, -0.15) is 0 Å². The number of halogens is 2. The standard InChI is InChI=1S/C17H12ClIO3/c1-10-17(22-12-5-3-2-4-6-12)15(19)16(20)13-9-11(18)7-8-14(13)21-10/h2-10H,1H3. The van der Waals surface area contributed by atoms with Crippen molar-refractivity contribution >= 4 is 40.0 Å². The monoisotopic (exact) mass is 426 g/mol. The quantitative estimate of drug-likeness (QED) is 0.632. The highest BCUT2D eigenvalue weighted by molar-refractivity contribution is 14.1. The van der Waals surface area contributed by atoms with Crippen LogP contribution in [0.15, 0.2) is 57.9 Å². The molecule has 0 aromatic heterocycles. The van der Waals surface area contributed by atoms with E-state index >= 15 is 0 Å². The predicted octanol–water partition coefficient (Wildman–Crippen LogP) is 5.03. The Hall–Kier alpha value is -1.53. The van der Waals surface area contributed by atoms with Gasteiger partial charge in [0.15, 0.2) is 11.9 Å². The molecule has 0 fully saturated rings. The van der Waals surface area contributed by atoms with Crippen molar-refractivity contribution in [3.63, 3.8) is 0 Å². The van der Waals surface area contributed by atoms with Gasteiger partial charge in [0.2, 0.25) is 5.78 Å². The van der Waals surface area contributed by atoms with Crippen LogP contribution < -0.4 is 9.47 Å². The van der Waals surface area contributed by atoms with Crippen molar-refractivity contribution in [3.05, 3.63) is 68.5 Å². The van der Waals surface area contributed by atoms with Gasteiger partial charge >= 0.3 is 0 Å². The van der Waals surface area contributed by atoms with Gasteiger partial charge < -0.3 is 9.47 Å². The van der Waals surface area contributed by atoms with Crippen molar-refractivity contribution in [2.45, 2.75) is 13.0 Å². The Balaban J connectivity index is 2.03. The number of benzene rings is 2. The number of hydrogen-bond donors (Lipinski definition) is 0. The summed E-state index contributed by atoms with van der Waals surface area (Å²) in [6, 6.07) is 14.4. The highest BCUT2D eigenvalue weighted by Gasteiger charge is 2.29. The fraction of sp³-hybridized carbons (Fsp3) is 0.118. The molecule has 3 rings (SSSR count). The zero-order chi connectivity index (χ0) is 15.7. The van der Waals surface area contributed by atoms with Gasteiger partial charge in [-0.25, -0.2) is 0 Å². The molecule has 0 saturated heterocycles. The minimum Gasteiger partial charge on any atom is -0.482 e. The van der Waals surface area contributed by atoms with E-state index in [4.69, 9.17) is 21.1 Å². The summed E-state index contributed by atoms with van der Waals surface area (Å²) in [4.78, 5) is 12.7. The Kier molecular flexibility index (Phi) is 4.40. The summed E-state index contributed by atoms with van der Waals surface area (Å²) < 4.78 is 12.3. The normalized spacial score (nSPS) is 17.6. The van der Waals surface area contributed by atoms with Crippen LogP contribution in [0.2, 0.25) is 5.02 Å². The summed E-state index contributed by atoms with van der Waals surface area (Å²) in [5.74, 6) is 1.54. The van der Waals surface area contributed by atoms with Crippen LogP contribution in [-0.2, 0) is 0 Å². The number of para-hydroxylation sites is 1. The zero-order valence-corrected chi connectivity index (χ0v) is 14.6. The van der Waals surface area contributed by atoms with Crippen molar-refractivity contribution in [1.29, 1.82) is 0 Å². The van der Waals surface area contributed by atoms with Crippen LogP contribution in [0.5, 0.6) is 11.5 Å². The maximum Gasteiger partial charge on any atom is 0.206 e. The van der Waals surface area contributed by atoms with E-state index in [9.17, 15) is 4.79 Å². The molecule has 0 amide bonds. The first-order valence-electron chi connectivity index (χ1n) is 6.69. The second-order valence-corrected chi connectivity index (χ2v) is 6.34. The molecule has 0 saturated carbocycles. The van der Waals surface area contributed by atoms with E-state index < -0.39 is 0 Å². The summed E-state index contributed by atoms with van der Waals surface area (Å²) in [7, 11) is 0. The Labute approximate surface area is 147 Å². The summed E-state index contributed by atoms with van der Waals surface area (Å²) in [5, 5.41) is 0.500. The van der Waals surface area contributed by atoms with Crippen LogP contribution in [-0.4, -0.2) is 11.9 Å². The third kappa shape index (κ3) is 2.98. The predicted molar refractivity (Wildman–Crippen MR) is 94.0 cm³/mol. The zero-order valence-electron chi connectivity index (χ0n) is 11.7. The van der Waals surface area contributed by atoms with Crippen LogP contribution in [0.4, 0.5) is 0 Å². The Bertz CT molecular complexity index is 756. The molecule has 1 aliphatic rings. The first kappa shape index (κ1) is 15.4. The first-order chi connectivity index (χ1) is 10.6. The number of rotatable bonds is 2. The molecule has 22 heavy (non-hydrogen) atoms. The molecule has 0 radical (unpaired) electrons. The summed E-state index contributed by atoms with van der Waals surface area (Å²) in [6.07, 6.45) is -0.376. The molecular formula is C17H12ClIO3. The molecule has 1 heterocycles. The smallest absolute Gasteiger partial charge is 0.206 e. The van der Waals surface area contributed by atoms with E-state index in [1.807, 2.05) is 59.8 Å². The van der Waals surface area contributed by atoms with Crippen molar-refractivity contribution < 1.29 is 14.3 Å². The van der Waals surface area contributed by atoms with E-state index in [0.29, 0.717) is 31.4 Å². The number of allylic oxidation sites excluding steroid dienone is 1. The molecule has 0 bridgehead atoms. The summed E-state index contributed by atoms with van der Waals surface area (Å²) >= 11 is 7.99. The van der Waals surface area contributed by atoms with Crippen LogP contribution in [0.1, 0.15) is 17.3 Å². The first-order valence-corrected chi connectivity index (χ1v) is 8.15. The van der Waals surface area contributed by atoms with Gasteiger partial charge in [-0.05, 0) is 59.8 Å². The molecule has 2 aromatic carbocycles. The number of ether oxygens (including phenoxy) is 2.